The van der Waals surface area contributed by atoms with E-state index in [1.807, 2.05) is 37.4 Å². The smallest absolute Gasteiger partial charge is 0.326 e. The highest BCUT2D eigenvalue weighted by atomic mass is 16.5. The summed E-state index contributed by atoms with van der Waals surface area (Å²) in [7, 11) is 2.02. The van der Waals surface area contributed by atoms with Crippen LogP contribution in [0.25, 0.3) is 0 Å². The van der Waals surface area contributed by atoms with Gasteiger partial charge >= 0.3 is 12.0 Å². The molecule has 1 unspecified atom stereocenters. The molecule has 2 aliphatic rings. The van der Waals surface area contributed by atoms with E-state index >= 15 is 0 Å². The molecule has 1 fully saturated rings. The number of para-hydroxylation sites is 1. The van der Waals surface area contributed by atoms with E-state index in [0.29, 0.717) is 39.2 Å². The Balaban J connectivity index is 1.27. The number of fused-ring (bicyclic) bond motifs is 1. The largest absolute Gasteiger partial charge is 0.492 e. The van der Waals surface area contributed by atoms with Crippen LogP contribution in [0, 0.1) is 0 Å². The molecule has 218 valence electrons. The van der Waals surface area contributed by atoms with E-state index in [2.05, 4.69) is 32.6 Å². The molecule has 10 nitrogen and oxygen atoms in total. The van der Waals surface area contributed by atoms with Crippen LogP contribution in [0.15, 0.2) is 42.5 Å². The molecular weight excluding hydrogens is 508 g/mol. The number of aryl methyl sites for hydroxylation is 2. The molecule has 1 atom stereocenters. The number of hydrogen-bond acceptors (Lipinski definition) is 7. The van der Waals surface area contributed by atoms with Crippen LogP contribution in [0.3, 0.4) is 0 Å². The van der Waals surface area contributed by atoms with E-state index < -0.39 is 12.0 Å². The number of hydrogen-bond donors (Lipinski definition) is 3. The SMILES string of the molecule is CN1CCN(C(=O)NC(CCN(CCCCc2ccc3c(n2)NCCC3)CCOc2ccccc2)C(=O)O)CC1. The zero-order valence-corrected chi connectivity index (χ0v) is 23.7. The fourth-order valence-corrected chi connectivity index (χ4v) is 5.11. The Morgan fingerprint density at radius 1 is 1.07 bits per heavy atom. The third-order valence-corrected chi connectivity index (χ3v) is 7.65. The van der Waals surface area contributed by atoms with Gasteiger partial charge in [0.2, 0.25) is 0 Å². The lowest BCUT2D eigenvalue weighted by atomic mass is 10.1. The van der Waals surface area contributed by atoms with Crippen molar-refractivity contribution in [3.05, 3.63) is 53.7 Å². The Hall–Kier alpha value is -3.37. The van der Waals surface area contributed by atoms with E-state index in [-0.39, 0.29) is 6.03 Å². The number of nitrogens with one attached hydrogen (secondary N) is 2. The molecule has 0 aliphatic carbocycles. The van der Waals surface area contributed by atoms with E-state index in [1.165, 1.54) is 5.56 Å². The van der Waals surface area contributed by atoms with Crippen LogP contribution >= 0.6 is 0 Å². The van der Waals surface area contributed by atoms with Crippen LogP contribution in [-0.2, 0) is 17.6 Å². The molecule has 10 heteroatoms. The lowest BCUT2D eigenvalue weighted by Gasteiger charge is -2.33. The molecule has 3 N–H and O–H groups in total. The number of aliphatic carboxylic acids is 1. The zero-order chi connectivity index (χ0) is 28.2. The quantitative estimate of drug-likeness (QED) is 0.307. The van der Waals surface area contributed by atoms with Crippen LogP contribution in [0.5, 0.6) is 5.75 Å². The molecule has 1 saturated heterocycles. The second kappa shape index (κ2) is 15.4. The lowest BCUT2D eigenvalue weighted by Crippen LogP contribution is -2.54. The van der Waals surface area contributed by atoms with Crippen molar-refractivity contribution < 1.29 is 19.4 Å². The van der Waals surface area contributed by atoms with Gasteiger partial charge in [-0.25, -0.2) is 14.6 Å². The number of aromatic nitrogens is 1. The Morgan fingerprint density at radius 2 is 1.88 bits per heavy atom. The summed E-state index contributed by atoms with van der Waals surface area (Å²) in [6.07, 6.45) is 5.43. The highest BCUT2D eigenvalue weighted by Gasteiger charge is 2.25. The van der Waals surface area contributed by atoms with Crippen LogP contribution < -0.4 is 15.4 Å². The number of carboxylic acid groups (broad SMARTS) is 1. The number of rotatable bonds is 14. The first kappa shape index (κ1) is 29.6. The van der Waals surface area contributed by atoms with Gasteiger partial charge in [0.15, 0.2) is 0 Å². The molecule has 1 aromatic heterocycles. The average Bonchev–Trinajstić information content (AvgIpc) is 2.97. The van der Waals surface area contributed by atoms with Crippen LogP contribution in [0.2, 0.25) is 0 Å². The van der Waals surface area contributed by atoms with Crippen LogP contribution in [0.1, 0.15) is 36.9 Å². The summed E-state index contributed by atoms with van der Waals surface area (Å²) in [5.74, 6) is 0.842. The first-order valence-electron chi connectivity index (χ1n) is 14.6. The van der Waals surface area contributed by atoms with Gasteiger partial charge in [0.05, 0.1) is 0 Å². The molecule has 40 heavy (non-hydrogen) atoms. The number of pyridine rings is 1. The molecule has 0 radical (unpaired) electrons. The van der Waals surface area contributed by atoms with Gasteiger partial charge in [-0.15, -0.1) is 0 Å². The number of nitrogens with zero attached hydrogens (tertiary/aromatic N) is 4. The van der Waals surface area contributed by atoms with Gasteiger partial charge in [-0.3, -0.25) is 4.90 Å². The minimum atomic E-state index is -1.00. The van der Waals surface area contributed by atoms with Gasteiger partial charge in [0, 0.05) is 51.5 Å². The highest BCUT2D eigenvalue weighted by Crippen LogP contribution is 2.20. The molecule has 0 spiro atoms. The number of ether oxygens (including phenoxy) is 1. The predicted molar refractivity (Wildman–Crippen MR) is 156 cm³/mol. The van der Waals surface area contributed by atoms with Gasteiger partial charge < -0.3 is 30.3 Å². The molecule has 0 saturated carbocycles. The average molecular weight is 553 g/mol. The monoisotopic (exact) mass is 552 g/mol. The Morgan fingerprint density at radius 3 is 2.65 bits per heavy atom. The molecule has 0 bridgehead atoms. The van der Waals surface area contributed by atoms with Gasteiger partial charge in [0.25, 0.3) is 0 Å². The third-order valence-electron chi connectivity index (χ3n) is 7.65. The maximum atomic E-state index is 12.7. The predicted octanol–water partition coefficient (Wildman–Crippen LogP) is 2.94. The number of likely N-dealkylation sites (N-methyl/N-ethyl adjacent to an activating group) is 1. The van der Waals surface area contributed by atoms with Gasteiger partial charge in [-0.05, 0) is 75.9 Å². The normalized spacial score (nSPS) is 16.2. The van der Waals surface area contributed by atoms with Gasteiger partial charge in [-0.2, -0.15) is 0 Å². The highest BCUT2D eigenvalue weighted by molar-refractivity contribution is 5.82. The zero-order valence-electron chi connectivity index (χ0n) is 23.7. The number of amides is 2. The number of carbonyl (C=O) groups excluding carboxylic acids is 1. The first-order chi connectivity index (χ1) is 19.5. The minimum absolute atomic E-state index is 0.300. The van der Waals surface area contributed by atoms with Crippen molar-refractivity contribution in [2.75, 3.05) is 71.3 Å². The summed E-state index contributed by atoms with van der Waals surface area (Å²) < 4.78 is 5.92. The summed E-state index contributed by atoms with van der Waals surface area (Å²) >= 11 is 0. The first-order valence-corrected chi connectivity index (χ1v) is 14.6. The molecular formula is C30H44N6O4. The summed E-state index contributed by atoms with van der Waals surface area (Å²) in [4.78, 5) is 35.6. The molecule has 2 aliphatic heterocycles. The van der Waals surface area contributed by atoms with E-state index in [9.17, 15) is 14.7 Å². The number of urea groups is 1. The Bertz CT molecular complexity index is 1080. The van der Waals surface area contributed by atoms with Crippen molar-refractivity contribution in [1.82, 2.24) is 25.0 Å². The standard InChI is InChI=1S/C30H44N6O4/c1-34-18-20-36(21-19-34)30(39)33-27(29(37)38)14-17-35(22-23-40-26-10-3-2-4-11-26)16-6-5-9-25-13-12-24-8-7-15-31-28(24)32-25/h2-4,10-13,27H,5-9,14-23H2,1H3,(H,31,32)(H,33,39)(H,37,38). The third kappa shape index (κ3) is 9.38. The summed E-state index contributed by atoms with van der Waals surface area (Å²) in [6.45, 7) is 6.33. The maximum absolute atomic E-state index is 12.7. The lowest BCUT2D eigenvalue weighted by molar-refractivity contribution is -0.139. The van der Waals surface area contributed by atoms with E-state index in [1.54, 1.807) is 4.90 Å². The summed E-state index contributed by atoms with van der Waals surface area (Å²) in [5, 5.41) is 16.0. The number of carboxylic acids is 1. The summed E-state index contributed by atoms with van der Waals surface area (Å²) in [6, 6.07) is 12.8. The molecule has 2 amide bonds. The van der Waals surface area contributed by atoms with Crippen molar-refractivity contribution in [2.45, 2.75) is 44.6 Å². The topological polar surface area (TPSA) is 110 Å². The molecule has 2 aromatic rings. The summed E-state index contributed by atoms with van der Waals surface area (Å²) in [5.41, 5.74) is 2.40. The van der Waals surface area contributed by atoms with Crippen molar-refractivity contribution in [3.8, 4) is 5.75 Å². The number of piperazine rings is 1. The van der Waals surface area contributed by atoms with Gasteiger partial charge in [-0.1, -0.05) is 24.3 Å². The van der Waals surface area contributed by atoms with Gasteiger partial charge in [0.1, 0.15) is 24.2 Å². The van der Waals surface area contributed by atoms with Crippen LogP contribution in [-0.4, -0.2) is 109 Å². The fourth-order valence-electron chi connectivity index (χ4n) is 5.11. The number of carbonyl (C=O) groups is 2. The van der Waals surface area contributed by atoms with Crippen LogP contribution in [0.4, 0.5) is 10.6 Å². The van der Waals surface area contributed by atoms with E-state index in [4.69, 9.17) is 9.72 Å². The minimum Gasteiger partial charge on any atom is -0.492 e. The van der Waals surface area contributed by atoms with Crippen molar-refractivity contribution in [3.63, 3.8) is 0 Å². The van der Waals surface area contributed by atoms with Crippen molar-refractivity contribution in [1.29, 1.82) is 0 Å². The molecule has 3 heterocycles. The number of unbranched alkanes of at least 4 members (excludes halogenated alkanes) is 1. The molecule has 1 aromatic carbocycles. The second-order valence-corrected chi connectivity index (χ2v) is 10.7. The fraction of sp³-hybridized carbons (Fsp3) is 0.567. The Labute approximate surface area is 237 Å². The maximum Gasteiger partial charge on any atom is 0.326 e. The number of benzene rings is 1. The van der Waals surface area contributed by atoms with Crippen molar-refractivity contribution >= 4 is 17.8 Å². The molecule has 4 rings (SSSR count). The Kier molecular flexibility index (Phi) is 11.4. The van der Waals surface area contributed by atoms with E-state index in [0.717, 1.165) is 75.5 Å². The second-order valence-electron chi connectivity index (χ2n) is 10.7. The number of anilines is 1. The van der Waals surface area contributed by atoms with Crippen molar-refractivity contribution in [2.24, 2.45) is 0 Å².